The lowest BCUT2D eigenvalue weighted by Gasteiger charge is -2.13. The first-order valence-electron chi connectivity index (χ1n) is 6.32. The monoisotopic (exact) mass is 338 g/mol. The highest BCUT2D eigenvalue weighted by atomic mass is 79.9. The molecule has 2 aromatic rings. The zero-order valence-corrected chi connectivity index (χ0v) is 14.2. The molecule has 0 fully saturated rings. The van der Waals surface area contributed by atoms with Crippen LogP contribution in [0.1, 0.15) is 37.0 Å². The summed E-state index contributed by atoms with van der Waals surface area (Å²) < 4.78 is 1.13. The second-order valence-electron chi connectivity index (χ2n) is 5.66. The van der Waals surface area contributed by atoms with Crippen LogP contribution in [0.5, 0.6) is 0 Å². The third-order valence-corrected chi connectivity index (χ3v) is 5.10. The Morgan fingerprint density at radius 3 is 2.68 bits per heavy atom. The van der Waals surface area contributed by atoms with Gasteiger partial charge in [-0.1, -0.05) is 42.8 Å². The molecule has 1 N–H and O–H groups in total. The van der Waals surface area contributed by atoms with Gasteiger partial charge >= 0.3 is 0 Å². The molecule has 4 heteroatoms. The van der Waals surface area contributed by atoms with Gasteiger partial charge in [-0.2, -0.15) is 0 Å². The van der Waals surface area contributed by atoms with Gasteiger partial charge in [0.15, 0.2) is 0 Å². The second kappa shape index (κ2) is 5.63. The van der Waals surface area contributed by atoms with Gasteiger partial charge in [0.05, 0.1) is 17.2 Å². The zero-order chi connectivity index (χ0) is 14.0. The lowest BCUT2D eigenvalue weighted by atomic mass is 9.98. The van der Waals surface area contributed by atoms with Gasteiger partial charge in [-0.25, -0.2) is 4.98 Å². The van der Waals surface area contributed by atoms with E-state index in [1.165, 1.54) is 10.6 Å². The predicted molar refractivity (Wildman–Crippen MR) is 87.0 cm³/mol. The molecular formula is C15H19BrN2S. The molecule has 0 aliphatic carbocycles. The number of anilines is 1. The summed E-state index contributed by atoms with van der Waals surface area (Å²) in [6.07, 6.45) is 0. The normalized spacial score (nSPS) is 11.6. The summed E-state index contributed by atoms with van der Waals surface area (Å²) in [5, 5.41) is 6.78. The van der Waals surface area contributed by atoms with Crippen LogP contribution in [0.25, 0.3) is 0 Å². The van der Waals surface area contributed by atoms with Crippen LogP contribution in [0.15, 0.2) is 28.1 Å². The molecule has 0 spiro atoms. The van der Waals surface area contributed by atoms with E-state index in [1.54, 1.807) is 11.3 Å². The van der Waals surface area contributed by atoms with Gasteiger partial charge in [0.1, 0.15) is 0 Å². The Hall–Kier alpha value is -0.870. The van der Waals surface area contributed by atoms with Crippen LogP contribution in [0, 0.1) is 6.92 Å². The molecule has 1 aromatic heterocycles. The molecule has 1 heterocycles. The van der Waals surface area contributed by atoms with E-state index in [1.807, 2.05) is 6.07 Å². The smallest absolute Gasteiger partial charge is 0.0982 e. The van der Waals surface area contributed by atoms with E-state index in [9.17, 15) is 0 Å². The van der Waals surface area contributed by atoms with E-state index < -0.39 is 0 Å². The number of thiazole rings is 1. The van der Waals surface area contributed by atoms with Crippen molar-refractivity contribution in [3.63, 3.8) is 0 Å². The molecule has 102 valence electrons. The molecule has 0 saturated carbocycles. The summed E-state index contributed by atoms with van der Waals surface area (Å²) in [5.74, 6) is 0. The van der Waals surface area contributed by atoms with Crippen molar-refractivity contribution < 1.29 is 0 Å². The quantitative estimate of drug-likeness (QED) is 0.839. The summed E-state index contributed by atoms with van der Waals surface area (Å²) in [5.41, 5.74) is 3.62. The number of halogens is 1. The van der Waals surface area contributed by atoms with Crippen LogP contribution in [-0.4, -0.2) is 4.98 Å². The molecule has 2 nitrogen and oxygen atoms in total. The van der Waals surface area contributed by atoms with Crippen LogP contribution >= 0.6 is 27.3 Å². The minimum absolute atomic E-state index is 0.134. The van der Waals surface area contributed by atoms with Crippen molar-refractivity contribution in [2.24, 2.45) is 0 Å². The first-order chi connectivity index (χ1) is 8.88. The topological polar surface area (TPSA) is 24.9 Å². The maximum atomic E-state index is 4.69. The van der Waals surface area contributed by atoms with Crippen LogP contribution in [0.2, 0.25) is 0 Å². The number of aromatic nitrogens is 1. The average Bonchev–Trinajstić information content (AvgIpc) is 2.79. The fraction of sp³-hybridized carbons (Fsp3) is 0.400. The fourth-order valence-corrected chi connectivity index (χ4v) is 2.99. The van der Waals surface area contributed by atoms with Gasteiger partial charge in [0.2, 0.25) is 0 Å². The van der Waals surface area contributed by atoms with E-state index in [0.717, 1.165) is 22.4 Å². The van der Waals surface area contributed by atoms with E-state index in [2.05, 4.69) is 66.5 Å². The van der Waals surface area contributed by atoms with Gasteiger partial charge in [-0.15, -0.1) is 11.3 Å². The summed E-state index contributed by atoms with van der Waals surface area (Å²) in [6.45, 7) is 9.46. The van der Waals surface area contributed by atoms with Gasteiger partial charge in [-0.3, -0.25) is 0 Å². The standard InChI is InChI=1S/C15H19BrN2S/c1-10-12(16)6-5-7-13(10)17-8-11-9-19-14(18-11)15(2,3)4/h5-7,9,17H,8H2,1-4H3. The summed E-state index contributed by atoms with van der Waals surface area (Å²) in [7, 11) is 0. The Morgan fingerprint density at radius 1 is 1.32 bits per heavy atom. The van der Waals surface area contributed by atoms with E-state index in [4.69, 9.17) is 4.98 Å². The van der Waals surface area contributed by atoms with Crippen molar-refractivity contribution in [1.29, 1.82) is 0 Å². The van der Waals surface area contributed by atoms with E-state index in [-0.39, 0.29) is 5.41 Å². The molecule has 0 atom stereocenters. The maximum absolute atomic E-state index is 4.69. The lowest BCUT2D eigenvalue weighted by molar-refractivity contribution is 0.583. The zero-order valence-electron chi connectivity index (χ0n) is 11.7. The van der Waals surface area contributed by atoms with Crippen molar-refractivity contribution >= 4 is 33.0 Å². The maximum Gasteiger partial charge on any atom is 0.0982 e. The Morgan fingerprint density at radius 2 is 2.05 bits per heavy atom. The first kappa shape index (κ1) is 14.5. The van der Waals surface area contributed by atoms with Crippen LogP contribution in [-0.2, 0) is 12.0 Å². The second-order valence-corrected chi connectivity index (χ2v) is 7.37. The number of hydrogen-bond donors (Lipinski definition) is 1. The molecular weight excluding hydrogens is 320 g/mol. The Kier molecular flexibility index (Phi) is 4.31. The third kappa shape index (κ3) is 3.57. The Bertz CT molecular complexity index is 570. The number of nitrogens with one attached hydrogen (secondary N) is 1. The van der Waals surface area contributed by atoms with Gasteiger partial charge < -0.3 is 5.32 Å². The molecule has 0 saturated heterocycles. The third-order valence-electron chi connectivity index (χ3n) is 2.92. The van der Waals surface area contributed by atoms with Gasteiger partial charge in [-0.05, 0) is 24.6 Å². The fourth-order valence-electron chi connectivity index (χ4n) is 1.72. The largest absolute Gasteiger partial charge is 0.379 e. The molecule has 0 aliphatic rings. The van der Waals surface area contributed by atoms with Gasteiger partial charge in [0, 0.05) is 21.0 Å². The van der Waals surface area contributed by atoms with E-state index in [0.29, 0.717) is 0 Å². The molecule has 0 aliphatic heterocycles. The van der Waals surface area contributed by atoms with Crippen molar-refractivity contribution in [2.45, 2.75) is 39.7 Å². The highest BCUT2D eigenvalue weighted by Gasteiger charge is 2.17. The van der Waals surface area contributed by atoms with Crippen LogP contribution in [0.4, 0.5) is 5.69 Å². The van der Waals surface area contributed by atoms with Crippen molar-refractivity contribution in [1.82, 2.24) is 4.98 Å². The molecule has 0 unspecified atom stereocenters. The predicted octanol–water partition coefficient (Wildman–Crippen LogP) is 5.12. The summed E-state index contributed by atoms with van der Waals surface area (Å²) in [4.78, 5) is 4.69. The van der Waals surface area contributed by atoms with Gasteiger partial charge in [0.25, 0.3) is 0 Å². The highest BCUT2D eigenvalue weighted by Crippen LogP contribution is 2.27. The van der Waals surface area contributed by atoms with Crippen molar-refractivity contribution in [2.75, 3.05) is 5.32 Å². The molecule has 2 rings (SSSR count). The molecule has 19 heavy (non-hydrogen) atoms. The van der Waals surface area contributed by atoms with Crippen molar-refractivity contribution in [3.05, 3.63) is 44.3 Å². The molecule has 0 bridgehead atoms. The number of benzene rings is 1. The van der Waals surface area contributed by atoms with E-state index >= 15 is 0 Å². The molecule has 1 aromatic carbocycles. The molecule has 0 amide bonds. The minimum Gasteiger partial charge on any atom is -0.379 e. The number of hydrogen-bond acceptors (Lipinski definition) is 3. The first-order valence-corrected chi connectivity index (χ1v) is 7.99. The highest BCUT2D eigenvalue weighted by molar-refractivity contribution is 9.10. The summed E-state index contributed by atoms with van der Waals surface area (Å²) in [6, 6.07) is 6.19. The number of nitrogens with zero attached hydrogens (tertiary/aromatic N) is 1. The average molecular weight is 339 g/mol. The Labute approximate surface area is 127 Å². The Balaban J connectivity index is 2.07. The summed E-state index contributed by atoms with van der Waals surface area (Å²) >= 11 is 5.29. The van der Waals surface area contributed by atoms with Crippen LogP contribution < -0.4 is 5.32 Å². The lowest BCUT2D eigenvalue weighted by Crippen LogP contribution is -2.11. The SMILES string of the molecule is Cc1c(Br)cccc1NCc1csc(C(C)(C)C)n1. The van der Waals surface area contributed by atoms with Crippen LogP contribution in [0.3, 0.4) is 0 Å². The minimum atomic E-state index is 0.134. The number of rotatable bonds is 3. The molecule has 0 radical (unpaired) electrons. The van der Waals surface area contributed by atoms with Crippen molar-refractivity contribution in [3.8, 4) is 0 Å².